The summed E-state index contributed by atoms with van der Waals surface area (Å²) in [6.07, 6.45) is 0. The highest BCUT2D eigenvalue weighted by Crippen LogP contribution is 2.43. The predicted molar refractivity (Wildman–Crippen MR) is 125 cm³/mol. The number of ether oxygens (including phenoxy) is 2. The lowest BCUT2D eigenvalue weighted by atomic mass is 9.72. The summed E-state index contributed by atoms with van der Waals surface area (Å²) in [7, 11) is 3.31. The molecule has 164 valence electrons. The normalized spacial score (nSPS) is 21.4. The Hall–Kier alpha value is -3.51. The van der Waals surface area contributed by atoms with E-state index < -0.39 is 0 Å². The van der Waals surface area contributed by atoms with E-state index in [1.807, 2.05) is 41.3 Å². The van der Waals surface area contributed by atoms with Crippen LogP contribution in [0.2, 0.25) is 0 Å². The summed E-state index contributed by atoms with van der Waals surface area (Å²) in [5.74, 6) is 1.97. The van der Waals surface area contributed by atoms with Crippen LogP contribution in [-0.4, -0.2) is 50.3 Å². The van der Waals surface area contributed by atoms with Crippen molar-refractivity contribution >= 4 is 11.7 Å². The van der Waals surface area contributed by atoms with E-state index in [4.69, 9.17) is 9.47 Å². The van der Waals surface area contributed by atoms with Gasteiger partial charge >= 0.3 is 6.03 Å². The highest BCUT2D eigenvalue weighted by Gasteiger charge is 2.53. The molecule has 2 aliphatic rings. The maximum atomic E-state index is 13.0. The number of nitrogens with zero attached hydrogens (tertiary/aromatic N) is 1. The molecular formula is C26H27N3O3. The number of urea groups is 1. The molecule has 32 heavy (non-hydrogen) atoms. The number of methoxy groups -OCH3 is 2. The van der Waals surface area contributed by atoms with Crippen molar-refractivity contribution in [3.8, 4) is 22.6 Å². The second-order valence-corrected chi connectivity index (χ2v) is 8.24. The van der Waals surface area contributed by atoms with E-state index in [2.05, 4.69) is 47.0 Å². The van der Waals surface area contributed by atoms with Crippen molar-refractivity contribution in [2.75, 3.05) is 32.6 Å². The average molecular weight is 430 g/mol. The topological polar surface area (TPSA) is 62.8 Å². The largest absolute Gasteiger partial charge is 0.497 e. The average Bonchev–Trinajstić information content (AvgIpc) is 2.85. The molecule has 2 amide bonds. The van der Waals surface area contributed by atoms with Crippen LogP contribution in [0.15, 0.2) is 72.8 Å². The van der Waals surface area contributed by atoms with E-state index in [9.17, 15) is 4.79 Å². The van der Waals surface area contributed by atoms with E-state index in [-0.39, 0.29) is 18.1 Å². The first kappa shape index (κ1) is 20.4. The molecule has 2 N–H and O–H groups in total. The Balaban J connectivity index is 1.28. The molecule has 2 heterocycles. The minimum atomic E-state index is -0.0437. The van der Waals surface area contributed by atoms with Crippen LogP contribution in [0.4, 0.5) is 10.5 Å². The molecule has 0 radical (unpaired) electrons. The van der Waals surface area contributed by atoms with Gasteiger partial charge in [-0.3, -0.25) is 0 Å². The summed E-state index contributed by atoms with van der Waals surface area (Å²) >= 11 is 0. The molecule has 0 saturated carbocycles. The number of anilines is 1. The van der Waals surface area contributed by atoms with Crippen LogP contribution in [-0.2, 0) is 0 Å². The van der Waals surface area contributed by atoms with Gasteiger partial charge in [0.1, 0.15) is 11.5 Å². The molecule has 3 aromatic carbocycles. The molecule has 6 nitrogen and oxygen atoms in total. The second kappa shape index (κ2) is 8.55. The van der Waals surface area contributed by atoms with Crippen LogP contribution < -0.4 is 20.1 Å². The lowest BCUT2D eigenvalue weighted by Crippen LogP contribution is -2.74. The molecule has 0 spiro atoms. The molecule has 0 aromatic heterocycles. The zero-order valence-electron chi connectivity index (χ0n) is 18.2. The third kappa shape index (κ3) is 3.67. The smallest absolute Gasteiger partial charge is 0.322 e. The maximum Gasteiger partial charge on any atom is 0.322 e. The number of amides is 2. The molecular weight excluding hydrogens is 402 g/mol. The summed E-state index contributed by atoms with van der Waals surface area (Å²) in [5, 5.41) is 6.47. The van der Waals surface area contributed by atoms with Gasteiger partial charge < -0.3 is 25.0 Å². The number of nitrogens with one attached hydrogen (secondary N) is 2. The van der Waals surface area contributed by atoms with Gasteiger partial charge in [-0.1, -0.05) is 36.4 Å². The molecule has 2 bridgehead atoms. The van der Waals surface area contributed by atoms with Gasteiger partial charge in [0, 0.05) is 24.7 Å². The van der Waals surface area contributed by atoms with Gasteiger partial charge in [0.05, 0.1) is 26.3 Å². The summed E-state index contributed by atoms with van der Waals surface area (Å²) in [5.41, 5.74) is 4.39. The summed E-state index contributed by atoms with van der Waals surface area (Å²) < 4.78 is 10.4. The standard InChI is InChI=1S/C26H27N3O3/c1-31-21-11-7-18(8-12-21)17-3-5-19(6-4-17)25-23-15-27-16-24(25)29(23)26(30)28-20-9-13-22(32-2)14-10-20/h3-14,23-25,27H,15-16H2,1-2H3,(H,28,30)/t23-,24+,25?. The van der Waals surface area contributed by atoms with E-state index in [0.29, 0.717) is 5.92 Å². The Kier molecular flexibility index (Phi) is 5.45. The molecule has 3 aromatic rings. The van der Waals surface area contributed by atoms with Gasteiger partial charge in [0.15, 0.2) is 0 Å². The summed E-state index contributed by atoms with van der Waals surface area (Å²) in [6.45, 7) is 1.61. The number of carbonyl (C=O) groups excluding carboxylic acids is 1. The first-order chi connectivity index (χ1) is 15.7. The predicted octanol–water partition coefficient (Wildman–Crippen LogP) is 4.34. The van der Waals surface area contributed by atoms with Crippen LogP contribution in [0.5, 0.6) is 11.5 Å². The first-order valence-electron chi connectivity index (χ1n) is 10.9. The molecule has 3 atom stereocenters. The van der Waals surface area contributed by atoms with Crippen molar-refractivity contribution in [3.05, 3.63) is 78.4 Å². The summed E-state index contributed by atoms with van der Waals surface area (Å²) in [6, 6.07) is 24.5. The minimum absolute atomic E-state index is 0.0437. The monoisotopic (exact) mass is 429 g/mol. The van der Waals surface area contributed by atoms with Crippen LogP contribution in [0.3, 0.4) is 0 Å². The Morgan fingerprint density at radius 1 is 0.812 bits per heavy atom. The number of fused-ring (bicyclic) bond motifs is 2. The van der Waals surface area contributed by atoms with Crippen LogP contribution in [0.1, 0.15) is 11.5 Å². The fourth-order valence-electron chi connectivity index (χ4n) is 4.87. The van der Waals surface area contributed by atoms with Crippen molar-refractivity contribution < 1.29 is 14.3 Å². The van der Waals surface area contributed by atoms with Gasteiger partial charge in [-0.15, -0.1) is 0 Å². The number of piperidine rings is 1. The van der Waals surface area contributed by atoms with Crippen molar-refractivity contribution in [2.45, 2.75) is 18.0 Å². The molecule has 6 heteroatoms. The fourth-order valence-corrected chi connectivity index (χ4v) is 4.87. The Bertz CT molecular complexity index is 1070. The molecule has 2 aliphatic heterocycles. The molecule has 2 fully saturated rings. The molecule has 2 saturated heterocycles. The number of piperazine rings is 1. The van der Waals surface area contributed by atoms with Crippen LogP contribution >= 0.6 is 0 Å². The van der Waals surface area contributed by atoms with E-state index in [1.165, 1.54) is 11.1 Å². The van der Waals surface area contributed by atoms with Crippen molar-refractivity contribution in [2.24, 2.45) is 0 Å². The molecule has 0 aliphatic carbocycles. The van der Waals surface area contributed by atoms with Crippen molar-refractivity contribution in [1.29, 1.82) is 0 Å². The third-order valence-corrected chi connectivity index (χ3v) is 6.55. The Morgan fingerprint density at radius 2 is 1.31 bits per heavy atom. The van der Waals surface area contributed by atoms with Crippen LogP contribution in [0, 0.1) is 0 Å². The maximum absolute atomic E-state index is 13.0. The Morgan fingerprint density at radius 3 is 1.84 bits per heavy atom. The highest BCUT2D eigenvalue weighted by atomic mass is 16.5. The van der Waals surface area contributed by atoms with Gasteiger partial charge in [-0.2, -0.15) is 0 Å². The number of benzene rings is 3. The third-order valence-electron chi connectivity index (χ3n) is 6.55. The van der Waals surface area contributed by atoms with E-state index >= 15 is 0 Å². The molecule has 5 rings (SSSR count). The van der Waals surface area contributed by atoms with Gasteiger partial charge in [-0.25, -0.2) is 4.79 Å². The number of carbonyl (C=O) groups is 1. The zero-order chi connectivity index (χ0) is 22.1. The fraction of sp³-hybridized carbons (Fsp3) is 0.269. The highest BCUT2D eigenvalue weighted by molar-refractivity contribution is 5.91. The SMILES string of the molecule is COc1ccc(NC(=O)N2[C@@H]3CNC[C@H]2C3c2ccc(-c3ccc(OC)cc3)cc2)cc1. The second-order valence-electron chi connectivity index (χ2n) is 8.24. The van der Waals surface area contributed by atoms with Gasteiger partial charge in [-0.05, 0) is 53.1 Å². The first-order valence-corrected chi connectivity index (χ1v) is 10.9. The minimum Gasteiger partial charge on any atom is -0.497 e. The van der Waals surface area contributed by atoms with Crippen LogP contribution in [0.25, 0.3) is 11.1 Å². The van der Waals surface area contributed by atoms with Gasteiger partial charge in [0.2, 0.25) is 0 Å². The number of hydrogen-bond acceptors (Lipinski definition) is 4. The van der Waals surface area contributed by atoms with E-state index in [0.717, 1.165) is 35.8 Å². The van der Waals surface area contributed by atoms with Crippen molar-refractivity contribution in [1.82, 2.24) is 10.2 Å². The Labute approximate surface area is 188 Å². The van der Waals surface area contributed by atoms with Gasteiger partial charge in [0.25, 0.3) is 0 Å². The number of hydrogen-bond donors (Lipinski definition) is 2. The quantitative estimate of drug-likeness (QED) is 0.633. The number of rotatable bonds is 5. The molecule has 1 unspecified atom stereocenters. The lowest BCUT2D eigenvalue weighted by molar-refractivity contribution is 0.00202. The van der Waals surface area contributed by atoms with E-state index in [1.54, 1.807) is 14.2 Å². The zero-order valence-corrected chi connectivity index (χ0v) is 18.2. The van der Waals surface area contributed by atoms with Crippen molar-refractivity contribution in [3.63, 3.8) is 0 Å². The lowest BCUT2D eigenvalue weighted by Gasteiger charge is -2.59. The summed E-state index contributed by atoms with van der Waals surface area (Å²) in [4.78, 5) is 15.0.